The summed E-state index contributed by atoms with van der Waals surface area (Å²) in [7, 11) is 0. The first kappa shape index (κ1) is 17.9. The Morgan fingerprint density at radius 2 is 2.00 bits per heavy atom. The van der Waals surface area contributed by atoms with Crippen LogP contribution in [0.25, 0.3) is 10.9 Å². The van der Waals surface area contributed by atoms with Crippen molar-refractivity contribution in [2.24, 2.45) is 0 Å². The SMILES string of the molecule is O=c1c2ccccc2nc(SCc2cc(Cl)c3c(c2)OCCCO3)n1C1CC1. The highest BCUT2D eigenvalue weighted by Crippen LogP contribution is 2.40. The van der Waals surface area contributed by atoms with Crippen molar-refractivity contribution in [3.63, 3.8) is 0 Å². The van der Waals surface area contributed by atoms with E-state index in [4.69, 9.17) is 26.1 Å². The van der Waals surface area contributed by atoms with Gasteiger partial charge in [-0.1, -0.05) is 35.5 Å². The van der Waals surface area contributed by atoms with Gasteiger partial charge in [0.2, 0.25) is 0 Å². The zero-order valence-corrected chi connectivity index (χ0v) is 16.8. The Kier molecular flexibility index (Phi) is 4.69. The van der Waals surface area contributed by atoms with Crippen molar-refractivity contribution in [3.05, 3.63) is 57.3 Å². The molecule has 5 rings (SSSR count). The molecule has 0 spiro atoms. The summed E-state index contributed by atoms with van der Waals surface area (Å²) in [6.07, 6.45) is 2.90. The monoisotopic (exact) mass is 414 g/mol. The highest BCUT2D eigenvalue weighted by Gasteiger charge is 2.28. The molecule has 1 aliphatic carbocycles. The molecular formula is C21H19ClN2O3S. The van der Waals surface area contributed by atoms with Gasteiger partial charge in [-0.2, -0.15) is 0 Å². The van der Waals surface area contributed by atoms with Crippen LogP contribution >= 0.6 is 23.4 Å². The molecule has 0 bridgehead atoms. The average molecular weight is 415 g/mol. The van der Waals surface area contributed by atoms with Gasteiger partial charge < -0.3 is 9.47 Å². The largest absolute Gasteiger partial charge is 0.489 e. The molecule has 0 N–H and O–H groups in total. The van der Waals surface area contributed by atoms with Gasteiger partial charge in [0, 0.05) is 18.2 Å². The second-order valence-electron chi connectivity index (χ2n) is 7.06. The van der Waals surface area contributed by atoms with E-state index in [0.717, 1.165) is 35.5 Å². The first-order valence-corrected chi connectivity index (χ1v) is 10.8. The highest BCUT2D eigenvalue weighted by atomic mass is 35.5. The quantitative estimate of drug-likeness (QED) is 0.451. The van der Waals surface area contributed by atoms with Crippen LogP contribution < -0.4 is 15.0 Å². The summed E-state index contributed by atoms with van der Waals surface area (Å²) in [5.74, 6) is 1.95. The van der Waals surface area contributed by atoms with Crippen LogP contribution in [0.4, 0.5) is 0 Å². The molecule has 0 amide bonds. The number of benzene rings is 2. The predicted molar refractivity (Wildman–Crippen MR) is 111 cm³/mol. The van der Waals surface area contributed by atoms with Crippen LogP contribution in [0, 0.1) is 0 Å². The van der Waals surface area contributed by atoms with Crippen LogP contribution in [0.5, 0.6) is 11.5 Å². The Morgan fingerprint density at radius 1 is 1.18 bits per heavy atom. The standard InChI is InChI=1S/C21H19ClN2O3S/c22-16-10-13(11-18-19(16)27-9-3-8-26-18)12-28-21-23-17-5-2-1-4-15(17)20(25)24(21)14-6-7-14/h1-2,4-5,10-11,14H,3,6-9,12H2. The molecule has 0 unspecified atom stereocenters. The summed E-state index contributed by atoms with van der Waals surface area (Å²) in [5.41, 5.74) is 1.81. The first-order chi connectivity index (χ1) is 13.7. The number of rotatable bonds is 4. The molecule has 2 aromatic carbocycles. The molecule has 2 aliphatic rings. The summed E-state index contributed by atoms with van der Waals surface area (Å²) < 4.78 is 13.3. The summed E-state index contributed by atoms with van der Waals surface area (Å²) in [4.78, 5) is 17.8. The number of fused-ring (bicyclic) bond motifs is 2. The van der Waals surface area contributed by atoms with Crippen molar-refractivity contribution >= 4 is 34.3 Å². The predicted octanol–water partition coefficient (Wildman–Crippen LogP) is 4.84. The van der Waals surface area contributed by atoms with Crippen molar-refractivity contribution in [2.75, 3.05) is 13.2 Å². The third-order valence-corrected chi connectivity index (χ3v) is 6.22. The normalized spacial score (nSPS) is 16.2. The van der Waals surface area contributed by atoms with Gasteiger partial charge in [-0.3, -0.25) is 9.36 Å². The molecule has 2 heterocycles. The number of ether oxygens (including phenoxy) is 2. The molecule has 0 radical (unpaired) electrons. The Morgan fingerprint density at radius 3 is 2.86 bits per heavy atom. The number of halogens is 1. The van der Waals surface area contributed by atoms with Crippen molar-refractivity contribution in [2.45, 2.75) is 36.2 Å². The van der Waals surface area contributed by atoms with Crippen LogP contribution in [0.15, 0.2) is 46.3 Å². The highest BCUT2D eigenvalue weighted by molar-refractivity contribution is 7.98. The summed E-state index contributed by atoms with van der Waals surface area (Å²) in [6, 6.07) is 11.7. The minimum atomic E-state index is 0.0484. The maximum atomic E-state index is 13.0. The van der Waals surface area contributed by atoms with E-state index in [1.807, 2.05) is 41.0 Å². The second kappa shape index (κ2) is 7.33. The van der Waals surface area contributed by atoms with Gasteiger partial charge in [0.25, 0.3) is 5.56 Å². The van der Waals surface area contributed by atoms with Gasteiger partial charge in [-0.15, -0.1) is 0 Å². The lowest BCUT2D eigenvalue weighted by molar-refractivity contribution is 0.297. The molecule has 144 valence electrons. The number of para-hydroxylation sites is 1. The van der Waals surface area contributed by atoms with Crippen LogP contribution in [0.1, 0.15) is 30.9 Å². The van der Waals surface area contributed by atoms with Gasteiger partial charge >= 0.3 is 0 Å². The third kappa shape index (κ3) is 3.35. The topological polar surface area (TPSA) is 53.4 Å². The Bertz CT molecular complexity index is 1110. The zero-order valence-electron chi connectivity index (χ0n) is 15.2. The molecular weight excluding hydrogens is 396 g/mol. The molecule has 1 aromatic heterocycles. The van der Waals surface area contributed by atoms with Gasteiger partial charge in [-0.25, -0.2) is 4.98 Å². The lowest BCUT2D eigenvalue weighted by Gasteiger charge is -2.14. The van der Waals surface area contributed by atoms with E-state index < -0.39 is 0 Å². The van der Waals surface area contributed by atoms with Gasteiger partial charge in [-0.05, 0) is 42.7 Å². The molecule has 5 nitrogen and oxygen atoms in total. The average Bonchev–Trinajstić information content (AvgIpc) is 3.53. The Balaban J connectivity index is 1.48. The number of hydrogen-bond donors (Lipinski definition) is 0. The van der Waals surface area contributed by atoms with Crippen LogP contribution in [0.2, 0.25) is 5.02 Å². The van der Waals surface area contributed by atoms with E-state index in [9.17, 15) is 4.79 Å². The number of thioether (sulfide) groups is 1. The molecule has 7 heteroatoms. The molecule has 1 saturated carbocycles. The first-order valence-electron chi connectivity index (χ1n) is 9.43. The minimum Gasteiger partial charge on any atom is -0.489 e. The van der Waals surface area contributed by atoms with Crippen molar-refractivity contribution in [1.82, 2.24) is 9.55 Å². The van der Waals surface area contributed by atoms with Crippen LogP contribution in [-0.4, -0.2) is 22.8 Å². The lowest BCUT2D eigenvalue weighted by Crippen LogP contribution is -2.22. The maximum Gasteiger partial charge on any atom is 0.262 e. The van der Waals surface area contributed by atoms with Crippen molar-refractivity contribution in [3.8, 4) is 11.5 Å². The van der Waals surface area contributed by atoms with E-state index in [-0.39, 0.29) is 11.6 Å². The zero-order chi connectivity index (χ0) is 19.1. The van der Waals surface area contributed by atoms with Crippen molar-refractivity contribution in [1.29, 1.82) is 0 Å². The van der Waals surface area contributed by atoms with Crippen molar-refractivity contribution < 1.29 is 9.47 Å². The van der Waals surface area contributed by atoms with E-state index in [0.29, 0.717) is 40.9 Å². The minimum absolute atomic E-state index is 0.0484. The maximum absolute atomic E-state index is 13.0. The molecule has 3 aromatic rings. The van der Waals surface area contributed by atoms with Gasteiger partial charge in [0.1, 0.15) is 0 Å². The number of nitrogens with zero attached hydrogens (tertiary/aromatic N) is 2. The molecule has 1 aliphatic heterocycles. The van der Waals surface area contributed by atoms with E-state index >= 15 is 0 Å². The van der Waals surface area contributed by atoms with E-state index in [1.165, 1.54) is 0 Å². The number of hydrogen-bond acceptors (Lipinski definition) is 5. The summed E-state index contributed by atoms with van der Waals surface area (Å²) in [6.45, 7) is 1.23. The number of aromatic nitrogens is 2. The fourth-order valence-electron chi connectivity index (χ4n) is 3.40. The molecule has 28 heavy (non-hydrogen) atoms. The lowest BCUT2D eigenvalue weighted by atomic mass is 10.2. The fraction of sp³-hybridized carbons (Fsp3) is 0.333. The molecule has 1 fully saturated rings. The molecule has 0 atom stereocenters. The smallest absolute Gasteiger partial charge is 0.262 e. The molecule has 0 saturated heterocycles. The second-order valence-corrected chi connectivity index (χ2v) is 8.41. The van der Waals surface area contributed by atoms with Gasteiger partial charge in [0.15, 0.2) is 16.7 Å². The Hall–Kier alpha value is -2.18. The summed E-state index contributed by atoms with van der Waals surface area (Å²) >= 11 is 7.97. The van der Waals surface area contributed by atoms with Crippen LogP contribution in [-0.2, 0) is 5.75 Å². The third-order valence-electron chi connectivity index (χ3n) is 4.92. The van der Waals surface area contributed by atoms with E-state index in [1.54, 1.807) is 11.8 Å². The fourth-order valence-corrected chi connectivity index (χ4v) is 4.68. The summed E-state index contributed by atoms with van der Waals surface area (Å²) in [5, 5.41) is 1.99. The van der Waals surface area contributed by atoms with Crippen LogP contribution in [0.3, 0.4) is 0 Å². The Labute approximate surface area is 171 Å². The van der Waals surface area contributed by atoms with E-state index in [2.05, 4.69) is 0 Å². The van der Waals surface area contributed by atoms with Gasteiger partial charge in [0.05, 0.1) is 29.1 Å².